The summed E-state index contributed by atoms with van der Waals surface area (Å²) in [6, 6.07) is 0.442. The summed E-state index contributed by atoms with van der Waals surface area (Å²) in [6.07, 6.45) is -2.55. The first-order valence-corrected chi connectivity index (χ1v) is 4.99. The van der Waals surface area contributed by atoms with Gasteiger partial charge in [-0.3, -0.25) is 0 Å². The Morgan fingerprint density at radius 3 is 2.50 bits per heavy atom. The molecule has 0 saturated heterocycles. The van der Waals surface area contributed by atoms with Crippen LogP contribution in [0.4, 0.5) is 13.2 Å². The maximum absolute atomic E-state index is 11.7. The van der Waals surface area contributed by atoms with Gasteiger partial charge in [0, 0.05) is 19.0 Å². The first-order chi connectivity index (χ1) is 6.47. The van der Waals surface area contributed by atoms with Crippen molar-refractivity contribution in [2.75, 3.05) is 6.54 Å². The van der Waals surface area contributed by atoms with E-state index in [4.69, 9.17) is 12.2 Å². The minimum atomic E-state index is -4.06. The molecule has 82 valence electrons. The molecule has 1 fully saturated rings. The number of halogens is 3. The fourth-order valence-electron chi connectivity index (χ4n) is 0.955. The molecule has 1 aliphatic rings. The van der Waals surface area contributed by atoms with Crippen LogP contribution in [0.5, 0.6) is 0 Å². The van der Waals surface area contributed by atoms with Crippen molar-refractivity contribution in [3.05, 3.63) is 0 Å². The van der Waals surface area contributed by atoms with Crippen LogP contribution in [0.15, 0.2) is 0 Å². The van der Waals surface area contributed by atoms with Crippen LogP contribution < -0.4 is 10.6 Å². The highest BCUT2D eigenvalue weighted by Crippen LogP contribution is 2.20. The Hall–Kier alpha value is -0.520. The van der Waals surface area contributed by atoms with E-state index in [9.17, 15) is 13.2 Å². The van der Waals surface area contributed by atoms with Crippen LogP contribution >= 0.6 is 12.2 Å². The van der Waals surface area contributed by atoms with Crippen molar-refractivity contribution >= 4 is 17.3 Å². The van der Waals surface area contributed by atoms with E-state index in [1.165, 1.54) is 0 Å². The van der Waals surface area contributed by atoms with Crippen LogP contribution in [0.1, 0.15) is 25.7 Å². The number of rotatable bonds is 4. The molecule has 6 heteroatoms. The highest BCUT2D eigenvalue weighted by atomic mass is 32.1. The molecule has 1 aliphatic carbocycles. The summed E-state index contributed by atoms with van der Waals surface area (Å²) >= 11 is 4.87. The average molecular weight is 226 g/mol. The van der Waals surface area contributed by atoms with E-state index < -0.39 is 12.6 Å². The SMILES string of the molecule is FC(F)(F)CCCNC(=S)NC1CC1. The summed E-state index contributed by atoms with van der Waals surface area (Å²) in [5, 5.41) is 6.20. The Balaban J connectivity index is 1.94. The van der Waals surface area contributed by atoms with E-state index in [0.29, 0.717) is 11.2 Å². The lowest BCUT2D eigenvalue weighted by Crippen LogP contribution is -2.37. The third-order valence-electron chi connectivity index (χ3n) is 1.84. The highest BCUT2D eigenvalue weighted by molar-refractivity contribution is 7.80. The molecule has 0 amide bonds. The first-order valence-electron chi connectivity index (χ1n) is 4.58. The zero-order valence-corrected chi connectivity index (χ0v) is 8.47. The quantitative estimate of drug-likeness (QED) is 0.566. The van der Waals surface area contributed by atoms with E-state index in [1.54, 1.807) is 0 Å². The van der Waals surface area contributed by atoms with Crippen molar-refractivity contribution in [3.8, 4) is 0 Å². The minimum Gasteiger partial charge on any atom is -0.363 e. The second kappa shape index (κ2) is 4.82. The molecule has 2 nitrogen and oxygen atoms in total. The monoisotopic (exact) mass is 226 g/mol. The Morgan fingerprint density at radius 1 is 1.36 bits per heavy atom. The summed E-state index contributed by atoms with van der Waals surface area (Å²) in [7, 11) is 0. The number of alkyl halides is 3. The van der Waals surface area contributed by atoms with Crippen molar-refractivity contribution in [1.29, 1.82) is 0 Å². The van der Waals surface area contributed by atoms with Gasteiger partial charge >= 0.3 is 6.18 Å². The zero-order chi connectivity index (χ0) is 10.6. The molecule has 0 bridgehead atoms. The molecule has 0 atom stereocenters. The maximum atomic E-state index is 11.7. The predicted molar refractivity (Wildman–Crippen MR) is 52.0 cm³/mol. The minimum absolute atomic E-state index is 0.0655. The van der Waals surface area contributed by atoms with Gasteiger partial charge in [-0.1, -0.05) is 0 Å². The van der Waals surface area contributed by atoms with Crippen LogP contribution in [-0.2, 0) is 0 Å². The molecule has 0 heterocycles. The Kier molecular flexibility index (Phi) is 3.97. The molecule has 0 aromatic carbocycles. The third kappa shape index (κ3) is 6.01. The van der Waals surface area contributed by atoms with E-state index in [-0.39, 0.29) is 13.0 Å². The van der Waals surface area contributed by atoms with E-state index in [1.807, 2.05) is 0 Å². The molecule has 1 rings (SSSR count). The number of nitrogens with one attached hydrogen (secondary N) is 2. The molecular weight excluding hydrogens is 213 g/mol. The Bertz CT molecular complexity index is 201. The molecular formula is C8H13F3N2S. The van der Waals surface area contributed by atoms with Gasteiger partial charge in [0.2, 0.25) is 0 Å². The summed E-state index contributed by atoms with van der Waals surface area (Å²) in [6.45, 7) is 0.276. The van der Waals surface area contributed by atoms with Gasteiger partial charge < -0.3 is 10.6 Å². The Labute approximate surface area is 86.2 Å². The summed E-state index contributed by atoms with van der Waals surface area (Å²) in [4.78, 5) is 0. The van der Waals surface area contributed by atoms with Crippen molar-refractivity contribution in [2.45, 2.75) is 37.9 Å². The van der Waals surface area contributed by atoms with E-state index in [2.05, 4.69) is 10.6 Å². The average Bonchev–Trinajstić information content (AvgIpc) is 2.80. The normalized spacial score (nSPS) is 16.5. The number of hydrogen-bond donors (Lipinski definition) is 2. The smallest absolute Gasteiger partial charge is 0.363 e. The fraction of sp³-hybridized carbons (Fsp3) is 0.875. The summed E-state index contributed by atoms with van der Waals surface area (Å²) < 4.78 is 35.2. The van der Waals surface area contributed by atoms with E-state index in [0.717, 1.165) is 12.8 Å². The largest absolute Gasteiger partial charge is 0.389 e. The second-order valence-electron chi connectivity index (χ2n) is 3.39. The van der Waals surface area contributed by atoms with Gasteiger partial charge in [0.25, 0.3) is 0 Å². The first kappa shape index (κ1) is 11.6. The van der Waals surface area contributed by atoms with Crippen molar-refractivity contribution < 1.29 is 13.2 Å². The fourth-order valence-corrected chi connectivity index (χ4v) is 1.22. The van der Waals surface area contributed by atoms with Crippen LogP contribution in [-0.4, -0.2) is 23.9 Å². The molecule has 0 radical (unpaired) electrons. The number of thiocarbonyl (C=S) groups is 1. The van der Waals surface area contributed by atoms with Crippen LogP contribution in [0.25, 0.3) is 0 Å². The molecule has 0 aliphatic heterocycles. The second-order valence-corrected chi connectivity index (χ2v) is 3.80. The zero-order valence-electron chi connectivity index (χ0n) is 7.66. The van der Waals surface area contributed by atoms with Gasteiger partial charge in [-0.25, -0.2) is 0 Å². The molecule has 14 heavy (non-hydrogen) atoms. The number of hydrogen-bond acceptors (Lipinski definition) is 1. The van der Waals surface area contributed by atoms with Crippen LogP contribution in [0.2, 0.25) is 0 Å². The third-order valence-corrected chi connectivity index (χ3v) is 2.10. The molecule has 0 spiro atoms. The molecule has 1 saturated carbocycles. The predicted octanol–water partition coefficient (Wildman–Crippen LogP) is 1.96. The maximum Gasteiger partial charge on any atom is 0.389 e. The van der Waals surface area contributed by atoms with Crippen LogP contribution in [0, 0.1) is 0 Å². The topological polar surface area (TPSA) is 24.1 Å². The Morgan fingerprint density at radius 2 is 2.00 bits per heavy atom. The lowest BCUT2D eigenvalue weighted by Gasteiger charge is -2.10. The molecule has 0 aromatic heterocycles. The van der Waals surface area contributed by atoms with Gasteiger partial charge in [0.05, 0.1) is 0 Å². The lowest BCUT2D eigenvalue weighted by atomic mass is 10.3. The van der Waals surface area contributed by atoms with Crippen molar-refractivity contribution in [2.24, 2.45) is 0 Å². The van der Waals surface area contributed by atoms with Crippen LogP contribution in [0.3, 0.4) is 0 Å². The highest BCUT2D eigenvalue weighted by Gasteiger charge is 2.26. The summed E-state index contributed by atoms with van der Waals surface area (Å²) in [5.41, 5.74) is 0. The molecule has 2 N–H and O–H groups in total. The van der Waals surface area contributed by atoms with E-state index >= 15 is 0 Å². The van der Waals surface area contributed by atoms with Gasteiger partial charge in [0.1, 0.15) is 0 Å². The lowest BCUT2D eigenvalue weighted by molar-refractivity contribution is -0.135. The van der Waals surface area contributed by atoms with Crippen molar-refractivity contribution in [1.82, 2.24) is 10.6 Å². The van der Waals surface area contributed by atoms with Gasteiger partial charge in [0.15, 0.2) is 5.11 Å². The van der Waals surface area contributed by atoms with Crippen molar-refractivity contribution in [3.63, 3.8) is 0 Å². The molecule has 0 unspecified atom stereocenters. The molecule has 0 aromatic rings. The van der Waals surface area contributed by atoms with Gasteiger partial charge in [-0.2, -0.15) is 13.2 Å². The standard InChI is InChI=1S/C8H13F3N2S/c9-8(10,11)4-1-5-12-7(14)13-6-2-3-6/h6H,1-5H2,(H2,12,13,14). The summed E-state index contributed by atoms with van der Waals surface area (Å²) in [5.74, 6) is 0. The van der Waals surface area contributed by atoms with Gasteiger partial charge in [-0.15, -0.1) is 0 Å². The van der Waals surface area contributed by atoms with Gasteiger partial charge in [-0.05, 0) is 31.5 Å².